The van der Waals surface area contributed by atoms with E-state index in [-0.39, 0.29) is 0 Å². The molecule has 0 radical (unpaired) electrons. The molecule has 0 saturated carbocycles. The van der Waals surface area contributed by atoms with E-state index >= 15 is 0 Å². The summed E-state index contributed by atoms with van der Waals surface area (Å²) >= 11 is 0. The van der Waals surface area contributed by atoms with Gasteiger partial charge in [-0.25, -0.2) is 0 Å². The van der Waals surface area contributed by atoms with E-state index in [1.165, 1.54) is 74.2 Å². The lowest BCUT2D eigenvalue weighted by atomic mass is 10.5. The predicted molar refractivity (Wildman–Crippen MR) is 149 cm³/mol. The molecule has 6 heteroatoms. The van der Waals surface area contributed by atoms with Crippen LogP contribution in [0.4, 0.5) is 0 Å². The van der Waals surface area contributed by atoms with Gasteiger partial charge in [0.2, 0.25) is 0 Å². The summed E-state index contributed by atoms with van der Waals surface area (Å²) < 4.78 is 12.7. The second kappa shape index (κ2) is 23.2. The molecule has 0 heterocycles. The maximum absolute atomic E-state index is 6.36. The lowest BCUT2D eigenvalue weighted by Gasteiger charge is -2.26. The highest BCUT2D eigenvalue weighted by atomic mass is 33.1. The molecule has 182 valence electrons. The van der Waals surface area contributed by atoms with E-state index in [9.17, 15) is 0 Å². The Bertz CT molecular complexity index is 307. The average molecular weight is 495 g/mol. The van der Waals surface area contributed by atoms with Crippen LogP contribution in [0.5, 0.6) is 0 Å². The fourth-order valence-corrected chi connectivity index (χ4v) is 14.2. The Morgan fingerprint density at radius 1 is 0.533 bits per heavy atom. The van der Waals surface area contributed by atoms with Crippen molar-refractivity contribution in [2.45, 2.75) is 129 Å². The summed E-state index contributed by atoms with van der Waals surface area (Å²) in [6.07, 6.45) is 10.2. The molecule has 0 fully saturated rings. The Hall–Kier alpha value is 1.05. The van der Waals surface area contributed by atoms with Crippen molar-refractivity contribution >= 4 is 39.2 Å². The molecule has 0 bridgehead atoms. The smallest absolute Gasteiger partial charge is 0.0717 e. The van der Waals surface area contributed by atoms with Gasteiger partial charge in [0, 0.05) is 36.2 Å². The van der Waals surface area contributed by atoms with E-state index in [4.69, 9.17) is 9.47 Å². The molecule has 0 aromatic heterocycles. The van der Waals surface area contributed by atoms with E-state index in [2.05, 4.69) is 63.1 Å². The van der Waals surface area contributed by atoms with E-state index in [0.29, 0.717) is 11.5 Å². The van der Waals surface area contributed by atoms with Crippen LogP contribution in [0.15, 0.2) is 0 Å². The second-order valence-electron chi connectivity index (χ2n) is 8.71. The van der Waals surface area contributed by atoms with E-state index in [1.54, 1.807) is 0 Å². The third kappa shape index (κ3) is 15.8. The zero-order chi connectivity index (χ0) is 22.5. The predicted octanol–water partition coefficient (Wildman–Crippen LogP) is 7.91. The summed E-state index contributed by atoms with van der Waals surface area (Å²) in [5.74, 6) is 2.50. The maximum atomic E-state index is 6.36. The van der Waals surface area contributed by atoms with Gasteiger partial charge >= 0.3 is 0 Å². The van der Waals surface area contributed by atoms with E-state index < -0.39 is 17.6 Å². The molecule has 0 aliphatic heterocycles. The summed E-state index contributed by atoms with van der Waals surface area (Å²) in [5, 5.41) is 0. The minimum absolute atomic E-state index is 0.601. The number of rotatable bonds is 23. The molecule has 0 N–H and O–H groups in total. The number of hydrogen-bond donors (Lipinski definition) is 0. The summed E-state index contributed by atoms with van der Waals surface area (Å²) in [7, 11) is 2.67. The van der Waals surface area contributed by atoms with Crippen molar-refractivity contribution in [1.82, 2.24) is 0 Å². The Labute approximate surface area is 201 Å². The molecule has 0 aliphatic rings. The molecule has 0 saturated heterocycles. The van der Waals surface area contributed by atoms with Crippen LogP contribution in [0.25, 0.3) is 0 Å². The Kier molecular flexibility index (Phi) is 24.0. The van der Waals surface area contributed by atoms with Crippen molar-refractivity contribution < 1.29 is 9.47 Å². The van der Waals surface area contributed by atoms with Crippen LogP contribution >= 0.6 is 21.6 Å². The van der Waals surface area contributed by atoms with E-state index in [0.717, 1.165) is 26.1 Å². The monoisotopic (exact) mass is 494 g/mol. The van der Waals surface area contributed by atoms with Gasteiger partial charge in [0.1, 0.15) is 0 Å². The largest absolute Gasteiger partial charge is 0.382 e. The zero-order valence-corrected chi connectivity index (χ0v) is 25.2. The van der Waals surface area contributed by atoms with Gasteiger partial charge in [-0.15, -0.1) is 0 Å². The van der Waals surface area contributed by atoms with Crippen LogP contribution in [-0.4, -0.2) is 53.8 Å². The Morgan fingerprint density at radius 2 is 0.867 bits per heavy atom. The first kappa shape index (κ1) is 31.1. The van der Waals surface area contributed by atoms with Gasteiger partial charge < -0.3 is 9.47 Å². The maximum Gasteiger partial charge on any atom is 0.0717 e. The van der Waals surface area contributed by atoms with Gasteiger partial charge in [0.25, 0.3) is 0 Å². The molecule has 2 nitrogen and oxygen atoms in total. The summed E-state index contributed by atoms with van der Waals surface area (Å²) in [6, 6.07) is 5.82. The standard InChI is InChI=1S/C24H54O2S2Si2/c1-7-15-25-23(29(19-9-3)20-10-4)13-17-27-28-18-14-24(26-16-8-2)30(21-11-5)22-12-6/h23-24,29-30H,7-22H2,1-6H3. The molecule has 0 amide bonds. The molecular formula is C24H54O2S2Si2. The van der Waals surface area contributed by atoms with Crippen molar-refractivity contribution in [3.8, 4) is 0 Å². The van der Waals surface area contributed by atoms with Gasteiger partial charge in [0.15, 0.2) is 0 Å². The van der Waals surface area contributed by atoms with Gasteiger partial charge in [-0.3, -0.25) is 0 Å². The minimum Gasteiger partial charge on any atom is -0.382 e. The third-order valence-electron chi connectivity index (χ3n) is 5.82. The lowest BCUT2D eigenvalue weighted by Crippen LogP contribution is -2.34. The molecule has 0 aromatic rings. The van der Waals surface area contributed by atoms with Crippen molar-refractivity contribution in [3.63, 3.8) is 0 Å². The fourth-order valence-electron chi connectivity index (χ4n) is 4.41. The first-order chi connectivity index (χ1) is 14.7. The molecule has 0 aromatic carbocycles. The minimum atomic E-state index is -0.758. The van der Waals surface area contributed by atoms with Crippen LogP contribution < -0.4 is 0 Å². The zero-order valence-electron chi connectivity index (χ0n) is 21.3. The number of hydrogen-bond acceptors (Lipinski definition) is 4. The summed E-state index contributed by atoms with van der Waals surface area (Å²) in [6.45, 7) is 15.8. The van der Waals surface area contributed by atoms with Crippen molar-refractivity contribution in [1.29, 1.82) is 0 Å². The highest BCUT2D eigenvalue weighted by molar-refractivity contribution is 8.76. The average Bonchev–Trinajstić information content (AvgIpc) is 2.74. The van der Waals surface area contributed by atoms with Crippen LogP contribution in [0.3, 0.4) is 0 Å². The van der Waals surface area contributed by atoms with Gasteiger partial charge in [0.05, 0.1) is 17.6 Å². The third-order valence-corrected chi connectivity index (χ3v) is 16.7. The van der Waals surface area contributed by atoms with Crippen molar-refractivity contribution in [2.75, 3.05) is 24.7 Å². The normalized spacial score (nSPS) is 14.0. The number of ether oxygens (including phenoxy) is 2. The second-order valence-corrected chi connectivity index (χ2v) is 18.3. The molecule has 2 unspecified atom stereocenters. The first-order valence-corrected chi connectivity index (χ1v) is 20.2. The van der Waals surface area contributed by atoms with E-state index in [1.807, 2.05) is 0 Å². The molecule has 30 heavy (non-hydrogen) atoms. The van der Waals surface area contributed by atoms with Gasteiger partial charge in [-0.05, 0) is 25.7 Å². The van der Waals surface area contributed by atoms with Crippen LogP contribution in [0, 0.1) is 0 Å². The quantitative estimate of drug-likeness (QED) is 0.0815. The van der Waals surface area contributed by atoms with Crippen LogP contribution in [-0.2, 0) is 9.47 Å². The molecule has 0 aliphatic carbocycles. The molecular weight excluding hydrogens is 441 g/mol. The van der Waals surface area contributed by atoms with Gasteiger partial charge in [-0.1, -0.05) is 113 Å². The fraction of sp³-hybridized carbons (Fsp3) is 1.00. The van der Waals surface area contributed by atoms with Crippen molar-refractivity contribution in [2.24, 2.45) is 0 Å². The highest BCUT2D eigenvalue weighted by Crippen LogP contribution is 2.27. The first-order valence-electron chi connectivity index (χ1n) is 13.2. The molecule has 2 atom stereocenters. The Balaban J connectivity index is 4.40. The lowest BCUT2D eigenvalue weighted by molar-refractivity contribution is 0.0998. The summed E-state index contributed by atoms with van der Waals surface area (Å²) in [5.41, 5.74) is 1.20. The van der Waals surface area contributed by atoms with Crippen LogP contribution in [0.2, 0.25) is 24.2 Å². The molecule has 0 spiro atoms. The van der Waals surface area contributed by atoms with Crippen LogP contribution in [0.1, 0.15) is 92.9 Å². The Morgan fingerprint density at radius 3 is 1.13 bits per heavy atom. The summed E-state index contributed by atoms with van der Waals surface area (Å²) in [4.78, 5) is 0. The SMILES string of the molecule is CCCOC(CCSSCCC(OCCC)[SiH](CCC)CCC)[SiH](CCC)CCC. The topological polar surface area (TPSA) is 18.5 Å². The molecule has 0 rings (SSSR count). The van der Waals surface area contributed by atoms with Crippen molar-refractivity contribution in [3.05, 3.63) is 0 Å². The van der Waals surface area contributed by atoms with Gasteiger partial charge in [-0.2, -0.15) is 0 Å². The highest BCUT2D eigenvalue weighted by Gasteiger charge is 2.23.